The average Bonchev–Trinajstić information content (AvgIpc) is 2.37. The molecule has 104 valence electrons. The molecule has 0 aliphatic rings. The molecule has 1 heterocycles. The van der Waals surface area contributed by atoms with Crippen molar-refractivity contribution in [3.05, 3.63) is 29.5 Å². The number of nitrogens with zero attached hydrogens (tertiary/aromatic N) is 2. The molecule has 1 aromatic rings. The van der Waals surface area contributed by atoms with Crippen LogP contribution in [0.15, 0.2) is 18.3 Å². The molecule has 0 unspecified atom stereocenters. The molecule has 0 aliphatic heterocycles. The van der Waals surface area contributed by atoms with Gasteiger partial charge in [0.25, 0.3) is 0 Å². The van der Waals surface area contributed by atoms with E-state index in [0.29, 0.717) is 6.04 Å². The van der Waals surface area contributed by atoms with Gasteiger partial charge < -0.3 is 10.0 Å². The number of hydrogen-bond donors (Lipinski definition) is 1. The summed E-state index contributed by atoms with van der Waals surface area (Å²) < 4.78 is 0. The van der Waals surface area contributed by atoms with Gasteiger partial charge in [-0.05, 0) is 43.0 Å². The van der Waals surface area contributed by atoms with Crippen LogP contribution in [-0.2, 0) is 4.79 Å². The maximum absolute atomic E-state index is 10.5. The van der Waals surface area contributed by atoms with E-state index in [4.69, 9.17) is 5.11 Å². The van der Waals surface area contributed by atoms with E-state index in [-0.39, 0.29) is 0 Å². The van der Waals surface area contributed by atoms with Gasteiger partial charge in [0, 0.05) is 25.4 Å². The molecule has 1 N–H and O–H groups in total. The summed E-state index contributed by atoms with van der Waals surface area (Å²) in [5, 5.41) is 8.61. The van der Waals surface area contributed by atoms with E-state index < -0.39 is 5.97 Å². The van der Waals surface area contributed by atoms with Gasteiger partial charge in [-0.3, -0.25) is 0 Å². The third-order valence-electron chi connectivity index (χ3n) is 3.31. The molecule has 0 bridgehead atoms. The molecule has 0 aliphatic carbocycles. The van der Waals surface area contributed by atoms with Crippen LogP contribution in [0.4, 0.5) is 5.82 Å². The molecule has 1 rings (SSSR count). The number of rotatable bonds is 6. The van der Waals surface area contributed by atoms with Crippen molar-refractivity contribution >= 4 is 17.9 Å². The molecule has 0 aromatic carbocycles. The van der Waals surface area contributed by atoms with Gasteiger partial charge in [-0.2, -0.15) is 0 Å². The molecule has 0 atom stereocenters. The molecule has 0 amide bonds. The Morgan fingerprint density at radius 1 is 1.47 bits per heavy atom. The molecule has 0 spiro atoms. The van der Waals surface area contributed by atoms with Crippen LogP contribution in [-0.4, -0.2) is 29.1 Å². The largest absolute Gasteiger partial charge is 0.478 e. The van der Waals surface area contributed by atoms with E-state index >= 15 is 0 Å². The Balaban J connectivity index is 2.97. The van der Waals surface area contributed by atoms with Gasteiger partial charge in [-0.25, -0.2) is 9.78 Å². The lowest BCUT2D eigenvalue weighted by molar-refractivity contribution is -0.131. The van der Waals surface area contributed by atoms with Crippen LogP contribution < -0.4 is 4.90 Å². The lowest BCUT2D eigenvalue weighted by atomic mass is 10.1. The lowest BCUT2D eigenvalue weighted by Gasteiger charge is -2.28. The van der Waals surface area contributed by atoms with E-state index in [2.05, 4.69) is 30.8 Å². The van der Waals surface area contributed by atoms with Gasteiger partial charge in [-0.15, -0.1) is 0 Å². The molecule has 4 nitrogen and oxygen atoms in total. The first-order valence-electron chi connectivity index (χ1n) is 6.60. The van der Waals surface area contributed by atoms with Gasteiger partial charge in [-0.1, -0.05) is 13.8 Å². The summed E-state index contributed by atoms with van der Waals surface area (Å²) in [6, 6.07) is 2.44. The average molecular weight is 262 g/mol. The maximum Gasteiger partial charge on any atom is 0.328 e. The maximum atomic E-state index is 10.5. The fourth-order valence-electron chi connectivity index (χ4n) is 2.23. The SMILES string of the molecule is CCC(CC)N(C)c1ncc(/C=C/C(=O)O)cc1C. The van der Waals surface area contributed by atoms with Crippen LogP contribution in [0.3, 0.4) is 0 Å². The Labute approximate surface area is 114 Å². The highest BCUT2D eigenvalue weighted by Gasteiger charge is 2.14. The molecule has 0 saturated heterocycles. The molecule has 1 aromatic heterocycles. The zero-order chi connectivity index (χ0) is 14.4. The number of carboxylic acid groups (broad SMARTS) is 1. The third kappa shape index (κ3) is 4.09. The summed E-state index contributed by atoms with van der Waals surface area (Å²) >= 11 is 0. The number of aromatic nitrogens is 1. The first-order chi connectivity index (χ1) is 8.99. The number of anilines is 1. The lowest BCUT2D eigenvalue weighted by Crippen LogP contribution is -2.31. The summed E-state index contributed by atoms with van der Waals surface area (Å²) in [5.74, 6) is 0.0112. The van der Waals surface area contributed by atoms with Gasteiger partial charge in [0.15, 0.2) is 0 Å². The number of carbonyl (C=O) groups is 1. The quantitative estimate of drug-likeness (QED) is 0.800. The highest BCUT2D eigenvalue weighted by molar-refractivity contribution is 5.85. The number of pyridine rings is 1. The highest BCUT2D eigenvalue weighted by atomic mass is 16.4. The minimum Gasteiger partial charge on any atom is -0.478 e. The predicted molar refractivity (Wildman–Crippen MR) is 78.4 cm³/mol. The van der Waals surface area contributed by atoms with Gasteiger partial charge in [0.05, 0.1) is 0 Å². The summed E-state index contributed by atoms with van der Waals surface area (Å²) in [6.07, 6.45) is 6.55. The second kappa shape index (κ2) is 6.92. The van der Waals surface area contributed by atoms with Gasteiger partial charge in [0.2, 0.25) is 0 Å². The minimum absolute atomic E-state index is 0.478. The molecule has 0 saturated carbocycles. The number of hydrogen-bond acceptors (Lipinski definition) is 3. The summed E-state index contributed by atoms with van der Waals surface area (Å²) in [4.78, 5) is 17.1. The molecule has 19 heavy (non-hydrogen) atoms. The Hall–Kier alpha value is -1.84. The van der Waals surface area contributed by atoms with Crippen molar-refractivity contribution < 1.29 is 9.90 Å². The van der Waals surface area contributed by atoms with Crippen molar-refractivity contribution in [1.82, 2.24) is 4.98 Å². The second-order valence-electron chi connectivity index (χ2n) is 4.66. The van der Waals surface area contributed by atoms with Crippen LogP contribution in [0.25, 0.3) is 6.08 Å². The fourth-order valence-corrected chi connectivity index (χ4v) is 2.23. The van der Waals surface area contributed by atoms with Crippen molar-refractivity contribution in [3.8, 4) is 0 Å². The van der Waals surface area contributed by atoms with Crippen LogP contribution in [0, 0.1) is 6.92 Å². The van der Waals surface area contributed by atoms with E-state index in [1.54, 1.807) is 12.3 Å². The number of aryl methyl sites for hydroxylation is 1. The van der Waals surface area contributed by atoms with Crippen molar-refractivity contribution in [1.29, 1.82) is 0 Å². The molecule has 0 radical (unpaired) electrons. The minimum atomic E-state index is -0.948. The molecule has 0 fully saturated rings. The van der Waals surface area contributed by atoms with Crippen LogP contribution in [0.2, 0.25) is 0 Å². The first kappa shape index (κ1) is 15.2. The standard InChI is InChI=1S/C15H22N2O2/c1-5-13(6-2)17(4)15-11(3)9-12(10-16-15)7-8-14(18)19/h7-10,13H,5-6H2,1-4H3,(H,18,19)/b8-7+. The summed E-state index contributed by atoms with van der Waals surface area (Å²) in [7, 11) is 2.06. The van der Waals surface area contributed by atoms with Crippen molar-refractivity contribution in [2.24, 2.45) is 0 Å². The molecule has 4 heteroatoms. The fraction of sp³-hybridized carbons (Fsp3) is 0.467. The van der Waals surface area contributed by atoms with Crippen LogP contribution in [0.1, 0.15) is 37.8 Å². The Morgan fingerprint density at radius 2 is 2.11 bits per heavy atom. The Morgan fingerprint density at radius 3 is 2.58 bits per heavy atom. The van der Waals surface area contributed by atoms with E-state index in [1.807, 2.05) is 13.0 Å². The summed E-state index contributed by atoms with van der Waals surface area (Å²) in [5.41, 5.74) is 1.86. The van der Waals surface area contributed by atoms with E-state index in [0.717, 1.165) is 35.9 Å². The Bertz CT molecular complexity index is 465. The monoisotopic (exact) mass is 262 g/mol. The Kier molecular flexibility index (Phi) is 5.55. The first-order valence-corrected chi connectivity index (χ1v) is 6.60. The molecular weight excluding hydrogens is 240 g/mol. The number of aliphatic carboxylic acids is 1. The van der Waals surface area contributed by atoms with Crippen molar-refractivity contribution in [2.45, 2.75) is 39.7 Å². The topological polar surface area (TPSA) is 53.4 Å². The predicted octanol–water partition coefficient (Wildman–Crippen LogP) is 3.11. The second-order valence-corrected chi connectivity index (χ2v) is 4.66. The zero-order valence-corrected chi connectivity index (χ0v) is 12.1. The smallest absolute Gasteiger partial charge is 0.328 e. The third-order valence-corrected chi connectivity index (χ3v) is 3.31. The number of carboxylic acids is 1. The van der Waals surface area contributed by atoms with Crippen molar-refractivity contribution in [3.63, 3.8) is 0 Å². The van der Waals surface area contributed by atoms with E-state index in [9.17, 15) is 4.79 Å². The van der Waals surface area contributed by atoms with Gasteiger partial charge >= 0.3 is 5.97 Å². The van der Waals surface area contributed by atoms with Gasteiger partial charge in [0.1, 0.15) is 5.82 Å². The van der Waals surface area contributed by atoms with Crippen LogP contribution >= 0.6 is 0 Å². The normalized spacial score (nSPS) is 11.2. The van der Waals surface area contributed by atoms with Crippen LogP contribution in [0.5, 0.6) is 0 Å². The molecular formula is C15H22N2O2. The zero-order valence-electron chi connectivity index (χ0n) is 12.1. The van der Waals surface area contributed by atoms with E-state index in [1.165, 1.54) is 0 Å². The van der Waals surface area contributed by atoms with Crippen molar-refractivity contribution in [2.75, 3.05) is 11.9 Å². The highest BCUT2D eigenvalue weighted by Crippen LogP contribution is 2.21. The summed E-state index contributed by atoms with van der Waals surface area (Å²) in [6.45, 7) is 6.34.